The lowest BCUT2D eigenvalue weighted by Crippen LogP contribution is -2.14. The second-order valence-corrected chi connectivity index (χ2v) is 3.31. The van der Waals surface area contributed by atoms with Gasteiger partial charge in [-0.05, 0) is 12.5 Å². The third kappa shape index (κ3) is 3.87. The van der Waals surface area contributed by atoms with E-state index in [1.165, 1.54) is 0 Å². The van der Waals surface area contributed by atoms with Crippen LogP contribution in [0.3, 0.4) is 0 Å². The van der Waals surface area contributed by atoms with E-state index in [1.54, 1.807) is 6.92 Å². The molecular formula is C11H16O3. The van der Waals surface area contributed by atoms with E-state index in [1.807, 2.05) is 30.3 Å². The Kier molecular flexibility index (Phi) is 4.59. The van der Waals surface area contributed by atoms with Crippen LogP contribution in [0.5, 0.6) is 0 Å². The Bertz CT molecular complexity index is 246. The third-order valence-electron chi connectivity index (χ3n) is 1.82. The van der Waals surface area contributed by atoms with Crippen LogP contribution in [0.2, 0.25) is 0 Å². The monoisotopic (exact) mass is 196 g/mol. The van der Waals surface area contributed by atoms with Gasteiger partial charge in [0.25, 0.3) is 0 Å². The van der Waals surface area contributed by atoms with Crippen molar-refractivity contribution in [2.75, 3.05) is 13.2 Å². The molecule has 2 N–H and O–H groups in total. The van der Waals surface area contributed by atoms with E-state index in [-0.39, 0.29) is 13.2 Å². The van der Waals surface area contributed by atoms with Gasteiger partial charge < -0.3 is 14.9 Å². The van der Waals surface area contributed by atoms with Gasteiger partial charge in [0.15, 0.2) is 0 Å². The molecule has 14 heavy (non-hydrogen) atoms. The van der Waals surface area contributed by atoms with Crippen molar-refractivity contribution in [3.05, 3.63) is 35.9 Å². The highest BCUT2D eigenvalue weighted by Crippen LogP contribution is 2.11. The molecule has 0 heterocycles. The summed E-state index contributed by atoms with van der Waals surface area (Å²) in [4.78, 5) is 0. The Balaban J connectivity index is 2.32. The minimum atomic E-state index is -0.616. The van der Waals surface area contributed by atoms with Crippen molar-refractivity contribution in [3.8, 4) is 0 Å². The molecule has 0 fully saturated rings. The van der Waals surface area contributed by atoms with E-state index < -0.39 is 12.2 Å². The summed E-state index contributed by atoms with van der Waals surface area (Å²) in [7, 11) is 0. The van der Waals surface area contributed by atoms with Crippen LogP contribution >= 0.6 is 0 Å². The van der Waals surface area contributed by atoms with Crippen LogP contribution in [0.1, 0.15) is 18.6 Å². The molecule has 2 unspecified atom stereocenters. The smallest absolute Gasteiger partial charge is 0.102 e. The van der Waals surface area contributed by atoms with Crippen LogP contribution in [-0.4, -0.2) is 29.5 Å². The average Bonchev–Trinajstić information content (AvgIpc) is 2.18. The third-order valence-corrected chi connectivity index (χ3v) is 1.82. The van der Waals surface area contributed by atoms with Gasteiger partial charge in [0, 0.05) is 0 Å². The van der Waals surface area contributed by atoms with Gasteiger partial charge >= 0.3 is 0 Å². The first kappa shape index (κ1) is 11.2. The molecule has 1 rings (SSSR count). The molecule has 2 atom stereocenters. The zero-order valence-corrected chi connectivity index (χ0v) is 8.26. The lowest BCUT2D eigenvalue weighted by molar-refractivity contribution is -0.00272. The van der Waals surface area contributed by atoms with Crippen LogP contribution in [0, 0.1) is 0 Å². The summed E-state index contributed by atoms with van der Waals surface area (Å²) in [6, 6.07) is 9.32. The van der Waals surface area contributed by atoms with Crippen molar-refractivity contribution in [2.24, 2.45) is 0 Å². The number of rotatable bonds is 5. The molecule has 0 aliphatic carbocycles. The van der Waals surface area contributed by atoms with Crippen LogP contribution in [0.25, 0.3) is 0 Å². The number of aliphatic hydroxyl groups is 2. The fraction of sp³-hybridized carbons (Fsp3) is 0.455. The Morgan fingerprint density at radius 1 is 1.14 bits per heavy atom. The fourth-order valence-corrected chi connectivity index (χ4v) is 1.12. The summed E-state index contributed by atoms with van der Waals surface area (Å²) in [6.07, 6.45) is -1.10. The topological polar surface area (TPSA) is 49.7 Å². The van der Waals surface area contributed by atoms with Gasteiger partial charge in [0.1, 0.15) is 6.10 Å². The first-order chi connectivity index (χ1) is 6.70. The molecule has 0 spiro atoms. The van der Waals surface area contributed by atoms with E-state index in [2.05, 4.69) is 0 Å². The normalized spacial score (nSPS) is 15.1. The second-order valence-electron chi connectivity index (χ2n) is 3.31. The van der Waals surface area contributed by atoms with E-state index in [0.717, 1.165) is 5.56 Å². The molecule has 3 nitrogen and oxygen atoms in total. The highest BCUT2D eigenvalue weighted by atomic mass is 16.5. The summed E-state index contributed by atoms with van der Waals surface area (Å²) < 4.78 is 5.11. The molecule has 0 aliphatic rings. The van der Waals surface area contributed by atoms with Gasteiger partial charge in [0.05, 0.1) is 19.3 Å². The van der Waals surface area contributed by atoms with Crippen LogP contribution in [0.4, 0.5) is 0 Å². The largest absolute Gasteiger partial charge is 0.391 e. The molecule has 0 aliphatic heterocycles. The minimum absolute atomic E-state index is 0.217. The van der Waals surface area contributed by atoms with Crippen LogP contribution in [-0.2, 0) is 4.74 Å². The molecule has 0 aromatic heterocycles. The lowest BCUT2D eigenvalue weighted by atomic mass is 10.1. The first-order valence-corrected chi connectivity index (χ1v) is 4.69. The number of benzene rings is 1. The van der Waals surface area contributed by atoms with Crippen molar-refractivity contribution in [2.45, 2.75) is 19.1 Å². The SMILES string of the molecule is CC(O)COCC(O)c1ccccc1. The van der Waals surface area contributed by atoms with Gasteiger partial charge in [-0.2, -0.15) is 0 Å². The molecule has 1 aromatic rings. The highest BCUT2D eigenvalue weighted by molar-refractivity contribution is 5.17. The van der Waals surface area contributed by atoms with Gasteiger partial charge in [-0.3, -0.25) is 0 Å². The number of aliphatic hydroxyl groups excluding tert-OH is 2. The maximum Gasteiger partial charge on any atom is 0.102 e. The summed E-state index contributed by atoms with van der Waals surface area (Å²) in [5.74, 6) is 0. The minimum Gasteiger partial charge on any atom is -0.391 e. The van der Waals surface area contributed by atoms with Gasteiger partial charge in [-0.1, -0.05) is 30.3 Å². The Morgan fingerprint density at radius 3 is 2.36 bits per heavy atom. The van der Waals surface area contributed by atoms with E-state index in [4.69, 9.17) is 9.84 Å². The van der Waals surface area contributed by atoms with Crippen molar-refractivity contribution < 1.29 is 14.9 Å². The summed E-state index contributed by atoms with van der Waals surface area (Å²) in [5, 5.41) is 18.6. The van der Waals surface area contributed by atoms with Crippen LogP contribution < -0.4 is 0 Å². The molecule has 0 saturated carbocycles. The standard InChI is InChI=1S/C11H16O3/c1-9(12)7-14-8-11(13)10-5-3-2-4-6-10/h2-6,9,11-13H,7-8H2,1H3. The maximum atomic E-state index is 9.63. The molecule has 0 amide bonds. The lowest BCUT2D eigenvalue weighted by Gasteiger charge is -2.12. The summed E-state index contributed by atoms with van der Waals surface area (Å²) >= 11 is 0. The number of hydrogen-bond acceptors (Lipinski definition) is 3. The zero-order chi connectivity index (χ0) is 10.4. The molecule has 0 radical (unpaired) electrons. The van der Waals surface area contributed by atoms with E-state index >= 15 is 0 Å². The highest BCUT2D eigenvalue weighted by Gasteiger charge is 2.06. The van der Waals surface area contributed by atoms with E-state index in [0.29, 0.717) is 0 Å². The molecule has 0 saturated heterocycles. The van der Waals surface area contributed by atoms with Crippen molar-refractivity contribution in [3.63, 3.8) is 0 Å². The van der Waals surface area contributed by atoms with Crippen molar-refractivity contribution >= 4 is 0 Å². The number of ether oxygens (including phenoxy) is 1. The first-order valence-electron chi connectivity index (χ1n) is 4.69. The van der Waals surface area contributed by atoms with Crippen LogP contribution in [0.15, 0.2) is 30.3 Å². The molecule has 3 heteroatoms. The van der Waals surface area contributed by atoms with Gasteiger partial charge in [0.2, 0.25) is 0 Å². The quantitative estimate of drug-likeness (QED) is 0.742. The Hall–Kier alpha value is -0.900. The van der Waals surface area contributed by atoms with Crippen molar-refractivity contribution in [1.82, 2.24) is 0 Å². The molecule has 0 bridgehead atoms. The second kappa shape index (κ2) is 5.75. The fourth-order valence-electron chi connectivity index (χ4n) is 1.12. The maximum absolute atomic E-state index is 9.63. The van der Waals surface area contributed by atoms with Gasteiger partial charge in [-0.15, -0.1) is 0 Å². The predicted octanol–water partition coefficient (Wildman–Crippen LogP) is 1.12. The van der Waals surface area contributed by atoms with Gasteiger partial charge in [-0.25, -0.2) is 0 Å². The molecule has 78 valence electrons. The predicted molar refractivity (Wildman–Crippen MR) is 53.9 cm³/mol. The van der Waals surface area contributed by atoms with Crippen molar-refractivity contribution in [1.29, 1.82) is 0 Å². The Morgan fingerprint density at radius 2 is 1.79 bits per heavy atom. The van der Waals surface area contributed by atoms with E-state index in [9.17, 15) is 5.11 Å². The Labute approximate surface area is 84.0 Å². The molecular weight excluding hydrogens is 180 g/mol. The number of hydrogen-bond donors (Lipinski definition) is 2. The zero-order valence-electron chi connectivity index (χ0n) is 8.26. The summed E-state index contributed by atoms with van der Waals surface area (Å²) in [6.45, 7) is 2.12. The average molecular weight is 196 g/mol. The summed E-state index contributed by atoms with van der Waals surface area (Å²) in [5.41, 5.74) is 0.832. The molecule has 1 aromatic carbocycles.